The first-order valence-corrected chi connectivity index (χ1v) is 6.15. The Morgan fingerprint density at radius 2 is 1.63 bits per heavy atom. The Morgan fingerprint density at radius 1 is 1.00 bits per heavy atom. The van der Waals surface area contributed by atoms with Crippen molar-refractivity contribution in [1.29, 1.82) is 5.26 Å². The van der Waals surface area contributed by atoms with Gasteiger partial charge in [-0.1, -0.05) is 6.07 Å². The molecular formula is C16H17N3. The van der Waals surface area contributed by atoms with Crippen molar-refractivity contribution in [3.63, 3.8) is 0 Å². The van der Waals surface area contributed by atoms with Crippen LogP contribution in [0.25, 0.3) is 0 Å². The van der Waals surface area contributed by atoms with E-state index in [1.807, 2.05) is 38.4 Å². The molecule has 3 heteroatoms. The first-order chi connectivity index (χ1) is 9.10. The third-order valence-electron chi connectivity index (χ3n) is 2.99. The standard InChI is InChI=1S/C16H17N3/c1-12-4-7-15(10-16(12)19(2)3)18-14-8-5-13(11-17)6-9-14/h4-10,18H,1-3H3. The molecule has 19 heavy (non-hydrogen) atoms. The van der Waals surface area contributed by atoms with Crippen molar-refractivity contribution in [2.75, 3.05) is 24.3 Å². The van der Waals surface area contributed by atoms with Gasteiger partial charge in [0.05, 0.1) is 11.6 Å². The number of aryl methyl sites for hydroxylation is 1. The van der Waals surface area contributed by atoms with E-state index >= 15 is 0 Å². The lowest BCUT2D eigenvalue weighted by Crippen LogP contribution is -2.10. The van der Waals surface area contributed by atoms with Gasteiger partial charge >= 0.3 is 0 Å². The minimum absolute atomic E-state index is 0.670. The van der Waals surface area contributed by atoms with Crippen molar-refractivity contribution < 1.29 is 0 Å². The molecule has 0 spiro atoms. The van der Waals surface area contributed by atoms with Crippen LogP contribution in [-0.2, 0) is 0 Å². The Labute approximate surface area is 114 Å². The Kier molecular flexibility index (Phi) is 3.72. The number of rotatable bonds is 3. The fourth-order valence-corrected chi connectivity index (χ4v) is 1.96. The third kappa shape index (κ3) is 3.05. The molecule has 1 N–H and O–H groups in total. The molecule has 0 heterocycles. The molecular weight excluding hydrogens is 234 g/mol. The summed E-state index contributed by atoms with van der Waals surface area (Å²) in [7, 11) is 4.07. The molecule has 0 amide bonds. The molecule has 0 aromatic heterocycles. The Hall–Kier alpha value is -2.47. The summed E-state index contributed by atoms with van der Waals surface area (Å²) in [5.74, 6) is 0. The van der Waals surface area contributed by atoms with Gasteiger partial charge in [-0.25, -0.2) is 0 Å². The molecule has 0 aliphatic carbocycles. The van der Waals surface area contributed by atoms with Crippen molar-refractivity contribution in [2.45, 2.75) is 6.92 Å². The lowest BCUT2D eigenvalue weighted by atomic mass is 10.1. The summed E-state index contributed by atoms with van der Waals surface area (Å²) in [5.41, 5.74) is 5.13. The summed E-state index contributed by atoms with van der Waals surface area (Å²) < 4.78 is 0. The normalized spacial score (nSPS) is 9.79. The predicted molar refractivity (Wildman–Crippen MR) is 79.9 cm³/mol. The molecule has 96 valence electrons. The highest BCUT2D eigenvalue weighted by Gasteiger charge is 2.02. The Bertz CT molecular complexity index is 607. The van der Waals surface area contributed by atoms with Crippen LogP contribution in [0.4, 0.5) is 17.1 Å². The number of nitrogens with one attached hydrogen (secondary N) is 1. The molecule has 0 unspecified atom stereocenters. The molecule has 2 rings (SSSR count). The second kappa shape index (κ2) is 5.45. The minimum Gasteiger partial charge on any atom is -0.377 e. The number of hydrogen-bond donors (Lipinski definition) is 1. The number of nitriles is 1. The van der Waals surface area contributed by atoms with Crippen molar-refractivity contribution in [3.8, 4) is 6.07 Å². The van der Waals surface area contributed by atoms with Crippen LogP contribution in [0.15, 0.2) is 42.5 Å². The molecule has 0 bridgehead atoms. The third-order valence-corrected chi connectivity index (χ3v) is 2.99. The Balaban J connectivity index is 2.23. The fourth-order valence-electron chi connectivity index (χ4n) is 1.96. The number of nitrogens with zero attached hydrogens (tertiary/aromatic N) is 2. The smallest absolute Gasteiger partial charge is 0.0991 e. The summed E-state index contributed by atoms with van der Waals surface area (Å²) in [6.07, 6.45) is 0. The molecule has 0 aliphatic heterocycles. The van der Waals surface area contributed by atoms with Gasteiger partial charge in [-0.2, -0.15) is 5.26 Å². The maximum Gasteiger partial charge on any atom is 0.0991 e. The lowest BCUT2D eigenvalue weighted by Gasteiger charge is -2.17. The zero-order valence-electron chi connectivity index (χ0n) is 11.4. The van der Waals surface area contributed by atoms with Gasteiger partial charge in [0.2, 0.25) is 0 Å². The van der Waals surface area contributed by atoms with E-state index in [1.165, 1.54) is 11.3 Å². The van der Waals surface area contributed by atoms with Crippen LogP contribution < -0.4 is 10.2 Å². The van der Waals surface area contributed by atoms with Crippen LogP contribution >= 0.6 is 0 Å². The van der Waals surface area contributed by atoms with Crippen molar-refractivity contribution in [3.05, 3.63) is 53.6 Å². The van der Waals surface area contributed by atoms with E-state index in [9.17, 15) is 0 Å². The quantitative estimate of drug-likeness (QED) is 0.904. The molecule has 0 fully saturated rings. The van der Waals surface area contributed by atoms with Crippen LogP contribution in [0.2, 0.25) is 0 Å². The van der Waals surface area contributed by atoms with Gasteiger partial charge in [0, 0.05) is 31.2 Å². The monoisotopic (exact) mass is 251 g/mol. The van der Waals surface area contributed by atoms with E-state index in [0.29, 0.717) is 5.56 Å². The van der Waals surface area contributed by atoms with Gasteiger partial charge in [-0.15, -0.1) is 0 Å². The summed E-state index contributed by atoms with van der Waals surface area (Å²) in [6, 6.07) is 15.8. The zero-order valence-corrected chi connectivity index (χ0v) is 11.4. The van der Waals surface area contributed by atoms with Crippen LogP contribution in [0.1, 0.15) is 11.1 Å². The summed E-state index contributed by atoms with van der Waals surface area (Å²) in [6.45, 7) is 2.10. The zero-order chi connectivity index (χ0) is 13.8. The van der Waals surface area contributed by atoms with Crippen LogP contribution in [0, 0.1) is 18.3 Å². The van der Waals surface area contributed by atoms with E-state index in [-0.39, 0.29) is 0 Å². The number of benzene rings is 2. The van der Waals surface area contributed by atoms with Gasteiger partial charge in [-0.05, 0) is 48.9 Å². The van der Waals surface area contributed by atoms with Crippen molar-refractivity contribution in [1.82, 2.24) is 0 Å². The van der Waals surface area contributed by atoms with E-state index < -0.39 is 0 Å². The molecule has 0 saturated carbocycles. The second-order valence-corrected chi connectivity index (χ2v) is 4.71. The largest absolute Gasteiger partial charge is 0.377 e. The highest BCUT2D eigenvalue weighted by molar-refractivity contribution is 5.67. The van der Waals surface area contributed by atoms with Crippen LogP contribution in [0.5, 0.6) is 0 Å². The summed E-state index contributed by atoms with van der Waals surface area (Å²) in [5, 5.41) is 12.1. The van der Waals surface area contributed by atoms with Crippen LogP contribution in [0.3, 0.4) is 0 Å². The molecule has 0 saturated heterocycles. The SMILES string of the molecule is Cc1ccc(Nc2ccc(C#N)cc2)cc1N(C)C. The van der Waals surface area contributed by atoms with E-state index in [0.717, 1.165) is 11.4 Å². The molecule has 2 aromatic rings. The van der Waals surface area contributed by atoms with Crippen LogP contribution in [-0.4, -0.2) is 14.1 Å². The average molecular weight is 251 g/mol. The predicted octanol–water partition coefficient (Wildman–Crippen LogP) is 3.68. The number of anilines is 3. The summed E-state index contributed by atoms with van der Waals surface area (Å²) >= 11 is 0. The van der Waals surface area contributed by atoms with Gasteiger partial charge in [0.1, 0.15) is 0 Å². The number of hydrogen-bond acceptors (Lipinski definition) is 3. The topological polar surface area (TPSA) is 39.1 Å². The van der Waals surface area contributed by atoms with Gasteiger partial charge in [0.15, 0.2) is 0 Å². The van der Waals surface area contributed by atoms with Gasteiger partial charge in [-0.3, -0.25) is 0 Å². The lowest BCUT2D eigenvalue weighted by molar-refractivity contribution is 1.11. The molecule has 0 atom stereocenters. The summed E-state index contributed by atoms with van der Waals surface area (Å²) in [4.78, 5) is 2.10. The molecule has 0 aliphatic rings. The van der Waals surface area contributed by atoms with Crippen molar-refractivity contribution in [2.24, 2.45) is 0 Å². The first kappa shape index (κ1) is 13.0. The average Bonchev–Trinajstić information content (AvgIpc) is 2.41. The van der Waals surface area contributed by atoms with Gasteiger partial charge in [0.25, 0.3) is 0 Å². The first-order valence-electron chi connectivity index (χ1n) is 6.15. The fraction of sp³-hybridized carbons (Fsp3) is 0.188. The highest BCUT2D eigenvalue weighted by atomic mass is 15.1. The molecule has 0 radical (unpaired) electrons. The van der Waals surface area contributed by atoms with E-state index in [2.05, 4.69) is 41.4 Å². The molecule has 3 nitrogen and oxygen atoms in total. The Morgan fingerprint density at radius 3 is 2.21 bits per heavy atom. The molecule has 2 aromatic carbocycles. The second-order valence-electron chi connectivity index (χ2n) is 4.71. The highest BCUT2D eigenvalue weighted by Crippen LogP contribution is 2.25. The maximum absolute atomic E-state index is 8.77. The van der Waals surface area contributed by atoms with E-state index in [4.69, 9.17) is 5.26 Å². The minimum atomic E-state index is 0.670. The van der Waals surface area contributed by atoms with Crippen molar-refractivity contribution >= 4 is 17.1 Å². The van der Waals surface area contributed by atoms with Gasteiger partial charge < -0.3 is 10.2 Å². The maximum atomic E-state index is 8.77. The van der Waals surface area contributed by atoms with E-state index in [1.54, 1.807) is 0 Å².